The van der Waals surface area contributed by atoms with Gasteiger partial charge in [0, 0.05) is 6.42 Å². The molecule has 1 aromatic rings. The van der Waals surface area contributed by atoms with Gasteiger partial charge >= 0.3 is 0 Å². The summed E-state index contributed by atoms with van der Waals surface area (Å²) in [6.45, 7) is 9.68. The molecule has 1 aliphatic rings. The summed E-state index contributed by atoms with van der Waals surface area (Å²) in [5.41, 5.74) is 2.80. The molecule has 0 bridgehead atoms. The third-order valence-electron chi connectivity index (χ3n) is 3.93. The molecule has 1 aliphatic carbocycles. The maximum absolute atomic E-state index is 6.33. The molecular formula is C16H25NO. The fourth-order valence-corrected chi connectivity index (χ4v) is 2.62. The number of nitrogens with one attached hydrogen (secondary N) is 1. The van der Waals surface area contributed by atoms with Crippen LogP contribution in [0.3, 0.4) is 0 Å². The predicted octanol–water partition coefficient (Wildman–Crippen LogP) is 3.47. The molecule has 0 saturated heterocycles. The Hall–Kier alpha value is -0.860. The standard InChI is InChI=1S/C16H25NO/c1-5-16(3,4)18-14-11-12-9-7-8-10-13(12)15(14)17-6-2/h7-10,14-15,17H,5-6,11H2,1-4H3. The van der Waals surface area contributed by atoms with Crippen molar-refractivity contribution < 1.29 is 4.74 Å². The van der Waals surface area contributed by atoms with Gasteiger partial charge in [-0.3, -0.25) is 0 Å². The highest BCUT2D eigenvalue weighted by atomic mass is 16.5. The van der Waals surface area contributed by atoms with Gasteiger partial charge in [-0.05, 0) is 37.9 Å². The van der Waals surface area contributed by atoms with Gasteiger partial charge in [-0.2, -0.15) is 0 Å². The maximum Gasteiger partial charge on any atom is 0.0817 e. The minimum absolute atomic E-state index is 0.0413. The van der Waals surface area contributed by atoms with Crippen molar-refractivity contribution in [2.45, 2.75) is 58.3 Å². The van der Waals surface area contributed by atoms with E-state index in [9.17, 15) is 0 Å². The van der Waals surface area contributed by atoms with Gasteiger partial charge in [0.25, 0.3) is 0 Å². The largest absolute Gasteiger partial charge is 0.370 e. The zero-order valence-corrected chi connectivity index (χ0v) is 12.0. The molecule has 2 heteroatoms. The first kappa shape index (κ1) is 13.6. The predicted molar refractivity (Wildman–Crippen MR) is 75.8 cm³/mol. The molecule has 0 aromatic heterocycles. The number of fused-ring (bicyclic) bond motifs is 1. The van der Waals surface area contributed by atoms with E-state index in [0.29, 0.717) is 6.04 Å². The minimum atomic E-state index is -0.0413. The Labute approximate surface area is 111 Å². The molecule has 2 unspecified atom stereocenters. The molecule has 0 aliphatic heterocycles. The van der Waals surface area contributed by atoms with Crippen LogP contribution in [-0.4, -0.2) is 18.2 Å². The molecule has 0 heterocycles. The lowest BCUT2D eigenvalue weighted by Gasteiger charge is -2.31. The number of likely N-dealkylation sites (N-methyl/N-ethyl adjacent to an activating group) is 1. The second-order valence-corrected chi connectivity index (χ2v) is 5.71. The summed E-state index contributed by atoms with van der Waals surface area (Å²) in [5, 5.41) is 3.57. The molecule has 2 nitrogen and oxygen atoms in total. The summed E-state index contributed by atoms with van der Waals surface area (Å²) in [6.07, 6.45) is 2.33. The zero-order chi connectivity index (χ0) is 13.2. The van der Waals surface area contributed by atoms with Gasteiger partial charge in [-0.25, -0.2) is 0 Å². The van der Waals surface area contributed by atoms with E-state index in [0.717, 1.165) is 19.4 Å². The molecule has 18 heavy (non-hydrogen) atoms. The molecule has 2 atom stereocenters. The lowest BCUT2D eigenvalue weighted by atomic mass is 10.0. The quantitative estimate of drug-likeness (QED) is 0.860. The second kappa shape index (κ2) is 5.41. The summed E-state index contributed by atoms with van der Waals surface area (Å²) in [6, 6.07) is 9.04. The summed E-state index contributed by atoms with van der Waals surface area (Å²) >= 11 is 0. The van der Waals surface area contributed by atoms with Gasteiger partial charge in [0.05, 0.1) is 17.7 Å². The monoisotopic (exact) mass is 247 g/mol. The van der Waals surface area contributed by atoms with E-state index >= 15 is 0 Å². The van der Waals surface area contributed by atoms with E-state index in [1.165, 1.54) is 11.1 Å². The zero-order valence-electron chi connectivity index (χ0n) is 12.0. The molecule has 0 saturated carbocycles. The molecule has 1 aromatic carbocycles. The fraction of sp³-hybridized carbons (Fsp3) is 0.625. The van der Waals surface area contributed by atoms with E-state index in [1.54, 1.807) is 0 Å². The Morgan fingerprint density at radius 3 is 2.67 bits per heavy atom. The Kier molecular flexibility index (Phi) is 4.08. The molecular weight excluding hydrogens is 222 g/mol. The van der Waals surface area contributed by atoms with Crippen LogP contribution in [0.4, 0.5) is 0 Å². The van der Waals surface area contributed by atoms with Crippen LogP contribution in [-0.2, 0) is 11.2 Å². The molecule has 0 spiro atoms. The molecule has 0 fully saturated rings. The highest BCUT2D eigenvalue weighted by Crippen LogP contribution is 2.35. The van der Waals surface area contributed by atoms with Gasteiger partial charge < -0.3 is 10.1 Å². The average molecular weight is 247 g/mol. The Morgan fingerprint density at radius 2 is 2.00 bits per heavy atom. The van der Waals surface area contributed by atoms with Crippen molar-refractivity contribution in [1.29, 1.82) is 0 Å². The van der Waals surface area contributed by atoms with Crippen molar-refractivity contribution >= 4 is 0 Å². The first-order valence-electron chi connectivity index (χ1n) is 7.06. The van der Waals surface area contributed by atoms with E-state index in [1.807, 2.05) is 0 Å². The first-order chi connectivity index (χ1) is 8.57. The first-order valence-corrected chi connectivity index (χ1v) is 7.06. The van der Waals surface area contributed by atoms with E-state index in [4.69, 9.17) is 4.74 Å². The van der Waals surface area contributed by atoms with Crippen LogP contribution in [0.1, 0.15) is 51.3 Å². The number of hydrogen-bond donors (Lipinski definition) is 1. The van der Waals surface area contributed by atoms with Gasteiger partial charge in [0.1, 0.15) is 0 Å². The van der Waals surface area contributed by atoms with Gasteiger partial charge in [0.2, 0.25) is 0 Å². The number of ether oxygens (including phenoxy) is 1. The Bertz CT molecular complexity index is 400. The summed E-state index contributed by atoms with van der Waals surface area (Å²) < 4.78 is 6.33. The van der Waals surface area contributed by atoms with Crippen LogP contribution in [0.2, 0.25) is 0 Å². The molecule has 0 radical (unpaired) electrons. The Balaban J connectivity index is 2.18. The molecule has 1 N–H and O–H groups in total. The number of rotatable bonds is 5. The van der Waals surface area contributed by atoms with Crippen molar-refractivity contribution in [3.8, 4) is 0 Å². The topological polar surface area (TPSA) is 21.3 Å². The van der Waals surface area contributed by atoms with Gasteiger partial charge in [-0.15, -0.1) is 0 Å². The van der Waals surface area contributed by atoms with Crippen LogP contribution < -0.4 is 5.32 Å². The third-order valence-corrected chi connectivity index (χ3v) is 3.93. The van der Waals surface area contributed by atoms with Crippen molar-refractivity contribution in [3.05, 3.63) is 35.4 Å². The van der Waals surface area contributed by atoms with E-state index in [2.05, 4.69) is 57.3 Å². The number of benzene rings is 1. The third kappa shape index (κ3) is 2.76. The van der Waals surface area contributed by atoms with Crippen molar-refractivity contribution in [1.82, 2.24) is 5.32 Å². The fourth-order valence-electron chi connectivity index (χ4n) is 2.62. The van der Waals surface area contributed by atoms with Crippen molar-refractivity contribution in [2.24, 2.45) is 0 Å². The number of hydrogen-bond acceptors (Lipinski definition) is 2. The van der Waals surface area contributed by atoms with Gasteiger partial charge in [-0.1, -0.05) is 38.1 Å². The second-order valence-electron chi connectivity index (χ2n) is 5.71. The highest BCUT2D eigenvalue weighted by Gasteiger charge is 2.35. The smallest absolute Gasteiger partial charge is 0.0817 e. The maximum atomic E-state index is 6.33. The summed E-state index contributed by atoms with van der Waals surface area (Å²) in [5.74, 6) is 0. The average Bonchev–Trinajstić information content (AvgIpc) is 2.68. The van der Waals surface area contributed by atoms with Crippen molar-refractivity contribution in [2.75, 3.05) is 6.54 Å². The van der Waals surface area contributed by atoms with E-state index in [-0.39, 0.29) is 11.7 Å². The SMILES string of the molecule is CCNC1c2ccccc2CC1OC(C)(C)CC. The van der Waals surface area contributed by atoms with Crippen molar-refractivity contribution in [3.63, 3.8) is 0 Å². The highest BCUT2D eigenvalue weighted by molar-refractivity contribution is 5.36. The summed E-state index contributed by atoms with van der Waals surface area (Å²) in [4.78, 5) is 0. The van der Waals surface area contributed by atoms with Gasteiger partial charge in [0.15, 0.2) is 0 Å². The Morgan fingerprint density at radius 1 is 1.28 bits per heavy atom. The lowest BCUT2D eigenvalue weighted by Crippen LogP contribution is -2.37. The van der Waals surface area contributed by atoms with E-state index < -0.39 is 0 Å². The lowest BCUT2D eigenvalue weighted by molar-refractivity contribution is -0.0826. The van der Waals surface area contributed by atoms with Crippen LogP contribution in [0, 0.1) is 0 Å². The van der Waals surface area contributed by atoms with Crippen LogP contribution >= 0.6 is 0 Å². The minimum Gasteiger partial charge on any atom is -0.370 e. The molecule has 0 amide bonds. The van der Waals surface area contributed by atoms with Crippen LogP contribution in [0.25, 0.3) is 0 Å². The van der Waals surface area contributed by atoms with Crippen LogP contribution in [0.5, 0.6) is 0 Å². The molecule has 100 valence electrons. The molecule has 2 rings (SSSR count). The summed E-state index contributed by atoms with van der Waals surface area (Å²) in [7, 11) is 0. The van der Waals surface area contributed by atoms with Crippen LogP contribution in [0.15, 0.2) is 24.3 Å². The normalized spacial score (nSPS) is 23.1.